The van der Waals surface area contributed by atoms with Gasteiger partial charge in [0.1, 0.15) is 5.75 Å². The molecule has 1 heterocycles. The maximum atomic E-state index is 12.5. The van der Waals surface area contributed by atoms with Crippen LogP contribution < -0.4 is 10.5 Å². The molecule has 1 amide bonds. The van der Waals surface area contributed by atoms with Gasteiger partial charge in [-0.3, -0.25) is 4.79 Å². The summed E-state index contributed by atoms with van der Waals surface area (Å²) < 4.78 is 5.25. The highest BCUT2D eigenvalue weighted by Gasteiger charge is 2.26. The number of hydrogen-bond acceptors (Lipinski definition) is 4. The van der Waals surface area contributed by atoms with Gasteiger partial charge in [0.05, 0.1) is 12.7 Å². The number of anilines is 1. The zero-order valence-corrected chi connectivity index (χ0v) is 11.7. The molecule has 19 heavy (non-hydrogen) atoms. The predicted octanol–water partition coefficient (Wildman–Crippen LogP) is 1.05. The number of rotatable bonds is 2. The van der Waals surface area contributed by atoms with Crippen molar-refractivity contribution in [3.63, 3.8) is 0 Å². The number of hydrogen-bond donors (Lipinski definition) is 1. The lowest BCUT2D eigenvalue weighted by Crippen LogP contribution is -2.52. The van der Waals surface area contributed by atoms with Crippen LogP contribution in [0.5, 0.6) is 5.75 Å². The molecule has 1 atom stereocenters. The summed E-state index contributed by atoms with van der Waals surface area (Å²) in [6, 6.07) is 5.53. The highest BCUT2D eigenvalue weighted by atomic mass is 16.5. The Bertz CT molecular complexity index is 476. The number of nitrogens with zero attached hydrogens (tertiary/aromatic N) is 2. The molecule has 0 aliphatic carbocycles. The Morgan fingerprint density at radius 2 is 2.16 bits per heavy atom. The number of amides is 1. The zero-order valence-electron chi connectivity index (χ0n) is 11.7. The van der Waals surface area contributed by atoms with Gasteiger partial charge in [-0.1, -0.05) is 0 Å². The second-order valence-corrected chi connectivity index (χ2v) is 5.04. The van der Waals surface area contributed by atoms with Crippen molar-refractivity contribution in [1.82, 2.24) is 9.80 Å². The summed E-state index contributed by atoms with van der Waals surface area (Å²) in [5.41, 5.74) is 6.88. The molecule has 104 valence electrons. The molecule has 2 N–H and O–H groups in total. The Kier molecular flexibility index (Phi) is 3.95. The fraction of sp³-hybridized carbons (Fsp3) is 0.500. The van der Waals surface area contributed by atoms with Crippen molar-refractivity contribution in [2.45, 2.75) is 13.0 Å². The number of carbonyl (C=O) groups is 1. The topological polar surface area (TPSA) is 58.8 Å². The van der Waals surface area contributed by atoms with Gasteiger partial charge >= 0.3 is 0 Å². The molecule has 1 fully saturated rings. The van der Waals surface area contributed by atoms with Crippen molar-refractivity contribution in [3.8, 4) is 5.75 Å². The first-order valence-corrected chi connectivity index (χ1v) is 6.46. The van der Waals surface area contributed by atoms with Crippen molar-refractivity contribution in [3.05, 3.63) is 23.8 Å². The number of ether oxygens (including phenoxy) is 1. The van der Waals surface area contributed by atoms with E-state index in [1.165, 1.54) is 0 Å². The Morgan fingerprint density at radius 3 is 2.79 bits per heavy atom. The van der Waals surface area contributed by atoms with Gasteiger partial charge in [-0.15, -0.1) is 0 Å². The molecular weight excluding hydrogens is 242 g/mol. The molecule has 1 saturated heterocycles. The maximum Gasteiger partial charge on any atom is 0.257 e. The summed E-state index contributed by atoms with van der Waals surface area (Å²) >= 11 is 0. The van der Waals surface area contributed by atoms with Crippen LogP contribution in [-0.2, 0) is 0 Å². The van der Waals surface area contributed by atoms with Gasteiger partial charge in [0, 0.05) is 37.4 Å². The van der Waals surface area contributed by atoms with Crippen LogP contribution in [0.25, 0.3) is 0 Å². The molecule has 0 bridgehead atoms. The monoisotopic (exact) mass is 263 g/mol. The summed E-state index contributed by atoms with van der Waals surface area (Å²) in [6.07, 6.45) is 0. The number of methoxy groups -OCH3 is 1. The lowest BCUT2D eigenvalue weighted by Gasteiger charge is -2.37. The summed E-state index contributed by atoms with van der Waals surface area (Å²) in [7, 11) is 3.63. The summed E-state index contributed by atoms with van der Waals surface area (Å²) in [5.74, 6) is 0.549. The smallest absolute Gasteiger partial charge is 0.257 e. The molecule has 1 aromatic rings. The van der Waals surface area contributed by atoms with Crippen LogP contribution in [0.2, 0.25) is 0 Å². The van der Waals surface area contributed by atoms with Crippen molar-refractivity contribution in [2.75, 3.05) is 39.5 Å². The Balaban J connectivity index is 2.20. The first kappa shape index (κ1) is 13.7. The Morgan fingerprint density at radius 1 is 1.42 bits per heavy atom. The Hall–Kier alpha value is -1.75. The van der Waals surface area contributed by atoms with Crippen molar-refractivity contribution in [2.24, 2.45) is 0 Å². The van der Waals surface area contributed by atoms with E-state index in [1.54, 1.807) is 25.3 Å². The third kappa shape index (κ3) is 2.81. The average molecular weight is 263 g/mol. The second-order valence-electron chi connectivity index (χ2n) is 5.04. The van der Waals surface area contributed by atoms with E-state index < -0.39 is 0 Å². The average Bonchev–Trinajstić information content (AvgIpc) is 2.41. The van der Waals surface area contributed by atoms with Crippen LogP contribution in [0.3, 0.4) is 0 Å². The van der Waals surface area contributed by atoms with Crippen molar-refractivity contribution < 1.29 is 9.53 Å². The molecule has 1 aromatic carbocycles. The quantitative estimate of drug-likeness (QED) is 0.810. The van der Waals surface area contributed by atoms with E-state index in [0.29, 0.717) is 23.0 Å². The van der Waals surface area contributed by atoms with Crippen LogP contribution >= 0.6 is 0 Å². The molecule has 0 saturated carbocycles. The molecule has 1 aliphatic rings. The maximum absolute atomic E-state index is 12.5. The van der Waals surface area contributed by atoms with Crippen molar-refractivity contribution >= 4 is 11.6 Å². The predicted molar refractivity (Wildman–Crippen MR) is 75.4 cm³/mol. The number of piperazine rings is 1. The molecule has 1 unspecified atom stereocenters. The van der Waals surface area contributed by atoms with E-state index in [9.17, 15) is 4.79 Å². The standard InChI is InChI=1S/C14H21N3O2/c1-10-9-17(7-6-16(10)2)14(18)12-5-4-11(15)8-13(12)19-3/h4-5,8,10H,6-7,9,15H2,1-3H3. The third-order valence-corrected chi connectivity index (χ3v) is 3.70. The first-order valence-electron chi connectivity index (χ1n) is 6.46. The zero-order chi connectivity index (χ0) is 14.0. The van der Waals surface area contributed by atoms with Gasteiger partial charge in [-0.2, -0.15) is 0 Å². The number of likely N-dealkylation sites (N-methyl/N-ethyl adjacent to an activating group) is 1. The van der Waals surface area contributed by atoms with Gasteiger partial charge in [0.2, 0.25) is 0 Å². The van der Waals surface area contributed by atoms with E-state index in [2.05, 4.69) is 18.9 Å². The van der Waals surface area contributed by atoms with Crippen LogP contribution in [0.4, 0.5) is 5.69 Å². The highest BCUT2D eigenvalue weighted by molar-refractivity contribution is 5.97. The second kappa shape index (κ2) is 5.48. The van der Waals surface area contributed by atoms with Gasteiger partial charge in [0.15, 0.2) is 0 Å². The van der Waals surface area contributed by atoms with Gasteiger partial charge < -0.3 is 20.3 Å². The van der Waals surface area contributed by atoms with E-state index in [4.69, 9.17) is 10.5 Å². The lowest BCUT2D eigenvalue weighted by molar-refractivity contribution is 0.0569. The van der Waals surface area contributed by atoms with E-state index in [-0.39, 0.29) is 5.91 Å². The van der Waals surface area contributed by atoms with Crippen LogP contribution in [-0.4, -0.2) is 55.5 Å². The fourth-order valence-corrected chi connectivity index (χ4v) is 2.29. The summed E-state index contributed by atoms with van der Waals surface area (Å²) in [4.78, 5) is 16.7. The largest absolute Gasteiger partial charge is 0.496 e. The molecule has 0 radical (unpaired) electrons. The SMILES string of the molecule is COc1cc(N)ccc1C(=O)N1CCN(C)C(C)C1. The lowest BCUT2D eigenvalue weighted by atomic mass is 10.1. The minimum atomic E-state index is 0.0109. The molecule has 5 nitrogen and oxygen atoms in total. The number of nitrogen functional groups attached to an aromatic ring is 1. The molecule has 1 aliphatic heterocycles. The number of benzene rings is 1. The van der Waals surface area contributed by atoms with Crippen LogP contribution in [0, 0.1) is 0 Å². The van der Waals surface area contributed by atoms with Gasteiger partial charge in [-0.25, -0.2) is 0 Å². The number of nitrogens with two attached hydrogens (primary N) is 1. The minimum Gasteiger partial charge on any atom is -0.496 e. The molecule has 0 aromatic heterocycles. The normalized spacial score (nSPS) is 20.4. The summed E-state index contributed by atoms with van der Waals surface area (Å²) in [6.45, 7) is 4.50. The van der Waals surface area contributed by atoms with E-state index >= 15 is 0 Å². The third-order valence-electron chi connectivity index (χ3n) is 3.70. The fourth-order valence-electron chi connectivity index (χ4n) is 2.29. The molecule has 0 spiro atoms. The first-order chi connectivity index (χ1) is 9.02. The molecule has 5 heteroatoms. The molecule has 2 rings (SSSR count). The van der Waals surface area contributed by atoms with Crippen LogP contribution in [0.15, 0.2) is 18.2 Å². The highest BCUT2D eigenvalue weighted by Crippen LogP contribution is 2.24. The summed E-state index contributed by atoms with van der Waals surface area (Å²) in [5, 5.41) is 0. The van der Waals surface area contributed by atoms with Crippen molar-refractivity contribution in [1.29, 1.82) is 0 Å². The van der Waals surface area contributed by atoms with E-state index in [0.717, 1.165) is 19.6 Å². The minimum absolute atomic E-state index is 0.0109. The van der Waals surface area contributed by atoms with Crippen LogP contribution in [0.1, 0.15) is 17.3 Å². The molecular formula is C14H21N3O2. The van der Waals surface area contributed by atoms with Gasteiger partial charge in [-0.05, 0) is 26.1 Å². The number of carbonyl (C=O) groups excluding carboxylic acids is 1. The van der Waals surface area contributed by atoms with Gasteiger partial charge in [0.25, 0.3) is 5.91 Å². The van der Waals surface area contributed by atoms with E-state index in [1.807, 2.05) is 4.90 Å². The Labute approximate surface area is 113 Å².